The molecule has 0 atom stereocenters. The Morgan fingerprint density at radius 2 is 1.67 bits per heavy atom. The Kier molecular flexibility index (Phi) is 4.99. The summed E-state index contributed by atoms with van der Waals surface area (Å²) in [6.07, 6.45) is -2.87. The quantitative estimate of drug-likeness (QED) is 0.649. The van der Waals surface area contributed by atoms with E-state index in [2.05, 4.69) is 10.3 Å². The summed E-state index contributed by atoms with van der Waals surface area (Å²) in [6.45, 7) is 3.65. The molecule has 3 rings (SSSR count). The Hall–Kier alpha value is -3.15. The van der Waals surface area contributed by atoms with E-state index >= 15 is 0 Å². The smallest absolute Gasteiger partial charge is 0.322 e. The van der Waals surface area contributed by atoms with Crippen molar-refractivity contribution in [2.45, 2.75) is 20.0 Å². The number of pyridine rings is 1. The van der Waals surface area contributed by atoms with E-state index in [1.165, 1.54) is 18.3 Å². The molecule has 3 nitrogen and oxygen atoms in total. The van der Waals surface area contributed by atoms with Crippen LogP contribution in [0.3, 0.4) is 0 Å². The molecular weight excluding hydrogens is 353 g/mol. The van der Waals surface area contributed by atoms with Gasteiger partial charge in [-0.1, -0.05) is 24.3 Å². The molecule has 1 aromatic heterocycles. The third-order valence-corrected chi connectivity index (χ3v) is 4.28. The van der Waals surface area contributed by atoms with E-state index in [1.54, 1.807) is 30.3 Å². The van der Waals surface area contributed by atoms with Crippen LogP contribution in [0, 0.1) is 13.8 Å². The summed E-state index contributed by atoms with van der Waals surface area (Å²) in [5.74, 6) is -0.296. The topological polar surface area (TPSA) is 42.0 Å². The summed E-state index contributed by atoms with van der Waals surface area (Å²) < 4.78 is 38.2. The molecule has 0 bridgehead atoms. The molecule has 27 heavy (non-hydrogen) atoms. The molecule has 1 heterocycles. The first-order valence-corrected chi connectivity index (χ1v) is 8.27. The SMILES string of the molecule is Cc1ccc(C(=O)Nc2cccc(-c3ccc(C(F)(F)F)cc3)c2C)cn1. The molecule has 0 saturated carbocycles. The fourth-order valence-electron chi connectivity index (χ4n) is 2.72. The van der Waals surface area contributed by atoms with Gasteiger partial charge in [0, 0.05) is 17.6 Å². The second-order valence-corrected chi connectivity index (χ2v) is 6.20. The van der Waals surface area contributed by atoms with Crippen molar-refractivity contribution in [3.05, 3.63) is 83.2 Å². The lowest BCUT2D eigenvalue weighted by Crippen LogP contribution is -2.13. The van der Waals surface area contributed by atoms with E-state index in [9.17, 15) is 18.0 Å². The number of alkyl halides is 3. The van der Waals surface area contributed by atoms with Crippen LogP contribution in [0.25, 0.3) is 11.1 Å². The van der Waals surface area contributed by atoms with E-state index in [0.717, 1.165) is 29.0 Å². The molecule has 2 aromatic carbocycles. The summed E-state index contributed by atoms with van der Waals surface area (Å²) in [5, 5.41) is 2.83. The van der Waals surface area contributed by atoms with Crippen LogP contribution in [0.1, 0.15) is 27.2 Å². The first-order valence-electron chi connectivity index (χ1n) is 8.27. The first-order chi connectivity index (χ1) is 12.8. The first kappa shape index (κ1) is 18.6. The number of amides is 1. The minimum Gasteiger partial charge on any atom is -0.322 e. The van der Waals surface area contributed by atoms with Crippen LogP contribution in [0.2, 0.25) is 0 Å². The highest BCUT2D eigenvalue weighted by atomic mass is 19.4. The van der Waals surface area contributed by atoms with Gasteiger partial charge in [-0.15, -0.1) is 0 Å². The van der Waals surface area contributed by atoms with Gasteiger partial charge < -0.3 is 5.32 Å². The fraction of sp³-hybridized carbons (Fsp3) is 0.143. The molecule has 0 fully saturated rings. The monoisotopic (exact) mass is 370 g/mol. The number of benzene rings is 2. The summed E-state index contributed by atoms with van der Waals surface area (Å²) in [5.41, 5.74) is 3.31. The molecule has 138 valence electrons. The van der Waals surface area contributed by atoms with Gasteiger partial charge in [-0.2, -0.15) is 13.2 Å². The third-order valence-electron chi connectivity index (χ3n) is 4.28. The number of halogens is 3. The number of rotatable bonds is 3. The second-order valence-electron chi connectivity index (χ2n) is 6.20. The predicted octanol–water partition coefficient (Wildman–Crippen LogP) is 5.64. The van der Waals surface area contributed by atoms with Gasteiger partial charge in [0.1, 0.15) is 0 Å². The molecule has 0 radical (unpaired) electrons. The highest BCUT2D eigenvalue weighted by Gasteiger charge is 2.30. The lowest BCUT2D eigenvalue weighted by atomic mass is 9.98. The van der Waals surface area contributed by atoms with Gasteiger partial charge >= 0.3 is 6.18 Å². The molecule has 0 aliphatic carbocycles. The summed E-state index contributed by atoms with van der Waals surface area (Å²) >= 11 is 0. The van der Waals surface area contributed by atoms with Gasteiger partial charge in [-0.25, -0.2) is 0 Å². The zero-order valence-corrected chi connectivity index (χ0v) is 14.8. The number of nitrogens with one attached hydrogen (secondary N) is 1. The molecule has 1 N–H and O–H groups in total. The Morgan fingerprint density at radius 3 is 2.26 bits per heavy atom. The molecule has 6 heteroatoms. The predicted molar refractivity (Wildman–Crippen MR) is 98.5 cm³/mol. The maximum atomic E-state index is 12.7. The number of hydrogen-bond donors (Lipinski definition) is 1. The Bertz CT molecular complexity index is 962. The molecular formula is C21H17F3N2O. The van der Waals surface area contributed by atoms with Crippen LogP contribution >= 0.6 is 0 Å². The van der Waals surface area contributed by atoms with E-state index in [0.29, 0.717) is 16.8 Å². The van der Waals surface area contributed by atoms with Crippen LogP contribution in [-0.4, -0.2) is 10.9 Å². The van der Waals surface area contributed by atoms with Crippen molar-refractivity contribution in [1.29, 1.82) is 0 Å². The van der Waals surface area contributed by atoms with Crippen molar-refractivity contribution in [2.75, 3.05) is 5.32 Å². The van der Waals surface area contributed by atoms with E-state index < -0.39 is 11.7 Å². The van der Waals surface area contributed by atoms with Crippen molar-refractivity contribution in [2.24, 2.45) is 0 Å². The molecule has 0 aliphatic rings. The minimum atomic E-state index is -4.37. The lowest BCUT2D eigenvalue weighted by molar-refractivity contribution is -0.137. The van der Waals surface area contributed by atoms with Gasteiger partial charge in [0.25, 0.3) is 5.91 Å². The number of aryl methyl sites for hydroxylation is 1. The number of anilines is 1. The number of carbonyl (C=O) groups is 1. The highest BCUT2D eigenvalue weighted by molar-refractivity contribution is 6.04. The van der Waals surface area contributed by atoms with Crippen molar-refractivity contribution < 1.29 is 18.0 Å². The van der Waals surface area contributed by atoms with Crippen LogP contribution in [0.15, 0.2) is 60.8 Å². The summed E-state index contributed by atoms with van der Waals surface area (Å²) in [7, 11) is 0. The number of hydrogen-bond acceptors (Lipinski definition) is 2. The van der Waals surface area contributed by atoms with Crippen LogP contribution in [0.4, 0.5) is 18.9 Å². The Labute approximate surface area is 154 Å². The summed E-state index contributed by atoms with van der Waals surface area (Å²) in [6, 6.07) is 13.7. The van der Waals surface area contributed by atoms with Gasteiger partial charge in [0.2, 0.25) is 0 Å². The number of nitrogens with zero attached hydrogens (tertiary/aromatic N) is 1. The molecule has 0 spiro atoms. The lowest BCUT2D eigenvalue weighted by Gasteiger charge is -2.14. The van der Waals surface area contributed by atoms with E-state index in [-0.39, 0.29) is 5.91 Å². The molecule has 0 aliphatic heterocycles. The van der Waals surface area contributed by atoms with Crippen molar-refractivity contribution in [3.63, 3.8) is 0 Å². The van der Waals surface area contributed by atoms with E-state index in [1.807, 2.05) is 13.8 Å². The van der Waals surface area contributed by atoms with Crippen LogP contribution < -0.4 is 5.32 Å². The van der Waals surface area contributed by atoms with Gasteiger partial charge in [0.15, 0.2) is 0 Å². The molecule has 0 unspecified atom stereocenters. The summed E-state index contributed by atoms with van der Waals surface area (Å²) in [4.78, 5) is 16.5. The Balaban J connectivity index is 1.87. The number of carbonyl (C=O) groups excluding carboxylic acids is 1. The molecule has 1 amide bonds. The fourth-order valence-corrected chi connectivity index (χ4v) is 2.72. The van der Waals surface area contributed by atoms with E-state index in [4.69, 9.17) is 0 Å². The van der Waals surface area contributed by atoms with Crippen LogP contribution in [-0.2, 0) is 6.18 Å². The Morgan fingerprint density at radius 1 is 0.963 bits per heavy atom. The highest BCUT2D eigenvalue weighted by Crippen LogP contribution is 2.33. The second kappa shape index (κ2) is 7.23. The van der Waals surface area contributed by atoms with Crippen molar-refractivity contribution in [1.82, 2.24) is 4.98 Å². The van der Waals surface area contributed by atoms with Crippen molar-refractivity contribution >= 4 is 11.6 Å². The third kappa shape index (κ3) is 4.16. The maximum Gasteiger partial charge on any atom is 0.416 e. The minimum absolute atomic E-state index is 0.296. The largest absolute Gasteiger partial charge is 0.416 e. The zero-order valence-electron chi connectivity index (χ0n) is 14.8. The average Bonchev–Trinajstić information content (AvgIpc) is 2.63. The average molecular weight is 370 g/mol. The normalized spacial score (nSPS) is 11.3. The van der Waals surface area contributed by atoms with Crippen molar-refractivity contribution in [3.8, 4) is 11.1 Å². The zero-order chi connectivity index (χ0) is 19.6. The standard InChI is InChI=1S/C21H17F3N2O/c1-13-6-7-16(12-25-13)20(27)26-19-5-3-4-18(14(19)2)15-8-10-17(11-9-15)21(22,23)24/h3-12H,1-2H3,(H,26,27). The van der Waals surface area contributed by atoms with Gasteiger partial charge in [0.05, 0.1) is 11.1 Å². The molecule has 0 saturated heterocycles. The molecule has 3 aromatic rings. The van der Waals surface area contributed by atoms with Gasteiger partial charge in [-0.3, -0.25) is 9.78 Å². The van der Waals surface area contributed by atoms with Gasteiger partial charge in [-0.05, 0) is 60.9 Å². The van der Waals surface area contributed by atoms with Crippen LogP contribution in [0.5, 0.6) is 0 Å². The number of aromatic nitrogens is 1. The maximum absolute atomic E-state index is 12.7.